The zero-order chi connectivity index (χ0) is 10.4. The van der Waals surface area contributed by atoms with Gasteiger partial charge in [-0.25, -0.2) is 0 Å². The molecule has 0 radical (unpaired) electrons. The first-order chi connectivity index (χ1) is 6.77. The first-order valence-corrected chi connectivity index (χ1v) is 6.54. The summed E-state index contributed by atoms with van der Waals surface area (Å²) in [5.41, 5.74) is 2.63. The molecule has 0 nitrogen and oxygen atoms in total. The van der Waals surface area contributed by atoms with Crippen molar-refractivity contribution in [2.24, 2.45) is 0 Å². The van der Waals surface area contributed by atoms with Crippen LogP contribution in [0.2, 0.25) is 0 Å². The van der Waals surface area contributed by atoms with Gasteiger partial charge in [-0.05, 0) is 44.9 Å². The Morgan fingerprint density at radius 3 is 2.43 bits per heavy atom. The van der Waals surface area contributed by atoms with Gasteiger partial charge < -0.3 is 0 Å². The lowest BCUT2D eigenvalue weighted by molar-refractivity contribution is 0.795. The molecule has 0 heterocycles. The zero-order valence-electron chi connectivity index (χ0n) is 8.26. The van der Waals surface area contributed by atoms with E-state index in [2.05, 4.69) is 63.0 Å². The molecule has 0 aliphatic rings. The number of halogens is 2. The van der Waals surface area contributed by atoms with E-state index >= 15 is 0 Å². The highest BCUT2D eigenvalue weighted by Gasteiger charge is 1.97. The maximum Gasteiger partial charge on any atom is 0.0316 e. The number of unbranched alkanes of at least 4 members (excludes halogenated alkanes) is 1. The van der Waals surface area contributed by atoms with Gasteiger partial charge in [-0.1, -0.05) is 53.5 Å². The van der Waals surface area contributed by atoms with Gasteiger partial charge in [0, 0.05) is 4.48 Å². The zero-order valence-corrected chi connectivity index (χ0v) is 11.4. The van der Waals surface area contributed by atoms with Crippen molar-refractivity contribution in [1.82, 2.24) is 0 Å². The Balaban J connectivity index is 2.68. The van der Waals surface area contributed by atoms with Crippen molar-refractivity contribution in [3.63, 3.8) is 0 Å². The van der Waals surface area contributed by atoms with Gasteiger partial charge in [0.25, 0.3) is 0 Å². The first-order valence-electron chi connectivity index (χ1n) is 4.83. The van der Waals surface area contributed by atoms with E-state index in [-0.39, 0.29) is 0 Å². The predicted octanol–water partition coefficient (Wildman–Crippen LogP) is 5.12. The molecule has 1 rings (SSSR count). The molecular formula is C12H14Br2. The summed E-state index contributed by atoms with van der Waals surface area (Å²) in [4.78, 5) is 1.88. The second kappa shape index (κ2) is 6.41. The van der Waals surface area contributed by atoms with Crippen molar-refractivity contribution < 1.29 is 0 Å². The van der Waals surface area contributed by atoms with E-state index in [9.17, 15) is 0 Å². The highest BCUT2D eigenvalue weighted by molar-refractivity contribution is 9.16. The molecule has 0 saturated carbocycles. The summed E-state index contributed by atoms with van der Waals surface area (Å²) in [6, 6.07) is 8.69. The second-order valence-electron chi connectivity index (χ2n) is 3.26. The lowest BCUT2D eigenvalue weighted by Crippen LogP contribution is -1.84. The van der Waals surface area contributed by atoms with Crippen molar-refractivity contribution in [3.05, 3.63) is 40.4 Å². The van der Waals surface area contributed by atoms with Crippen molar-refractivity contribution in [1.29, 1.82) is 0 Å². The Bertz CT molecular complexity index is 299. The van der Waals surface area contributed by atoms with Crippen LogP contribution in [0, 0.1) is 0 Å². The van der Waals surface area contributed by atoms with E-state index in [1.807, 2.05) is 4.99 Å². The van der Waals surface area contributed by atoms with Gasteiger partial charge >= 0.3 is 0 Å². The molecule has 0 fully saturated rings. The average molecular weight is 318 g/mol. The molecule has 1 aromatic rings. The minimum absolute atomic E-state index is 1.08. The summed E-state index contributed by atoms with van der Waals surface area (Å²) in [6.07, 6.45) is 3.72. The Kier molecular flexibility index (Phi) is 5.49. The standard InChI is InChI=1S/C12H14Br2/c1-2-3-4-10-5-7-11(8-6-10)12(14)9-13/h5-9H,2-4H2,1H3. The Morgan fingerprint density at radius 2 is 1.93 bits per heavy atom. The summed E-state index contributed by atoms with van der Waals surface area (Å²) in [5.74, 6) is 0. The third-order valence-corrected chi connectivity index (χ3v) is 3.90. The third kappa shape index (κ3) is 3.58. The fraction of sp³-hybridized carbons (Fsp3) is 0.333. The lowest BCUT2D eigenvalue weighted by Gasteiger charge is -2.02. The van der Waals surface area contributed by atoms with Crippen LogP contribution in [0.4, 0.5) is 0 Å². The van der Waals surface area contributed by atoms with E-state index in [0.717, 1.165) is 4.48 Å². The minimum Gasteiger partial charge on any atom is -0.0654 e. The number of aryl methyl sites for hydroxylation is 1. The number of hydrogen-bond acceptors (Lipinski definition) is 0. The second-order valence-corrected chi connectivity index (χ2v) is 4.57. The largest absolute Gasteiger partial charge is 0.0654 e. The molecule has 0 atom stereocenters. The van der Waals surface area contributed by atoms with Crippen molar-refractivity contribution in [2.45, 2.75) is 26.2 Å². The van der Waals surface area contributed by atoms with E-state index in [1.54, 1.807) is 0 Å². The monoisotopic (exact) mass is 316 g/mol. The fourth-order valence-electron chi connectivity index (χ4n) is 1.27. The molecule has 0 aliphatic carbocycles. The van der Waals surface area contributed by atoms with Gasteiger partial charge in [-0.2, -0.15) is 0 Å². The molecule has 0 N–H and O–H groups in total. The van der Waals surface area contributed by atoms with Gasteiger partial charge in [-0.3, -0.25) is 0 Å². The smallest absolute Gasteiger partial charge is 0.0316 e. The molecule has 2 heteroatoms. The van der Waals surface area contributed by atoms with Gasteiger partial charge in [0.2, 0.25) is 0 Å². The molecule has 0 aromatic heterocycles. The summed E-state index contributed by atoms with van der Waals surface area (Å²) in [7, 11) is 0. The molecule has 0 bridgehead atoms. The maximum atomic E-state index is 3.48. The fourth-order valence-corrected chi connectivity index (χ4v) is 1.80. The summed E-state index contributed by atoms with van der Waals surface area (Å²) >= 11 is 6.78. The Morgan fingerprint density at radius 1 is 1.29 bits per heavy atom. The van der Waals surface area contributed by atoms with Crippen LogP contribution in [0.3, 0.4) is 0 Å². The van der Waals surface area contributed by atoms with Crippen LogP contribution >= 0.6 is 31.9 Å². The average Bonchev–Trinajstić information content (AvgIpc) is 2.26. The van der Waals surface area contributed by atoms with Gasteiger partial charge in [-0.15, -0.1) is 0 Å². The van der Waals surface area contributed by atoms with E-state index in [4.69, 9.17) is 0 Å². The van der Waals surface area contributed by atoms with Crippen LogP contribution < -0.4 is 0 Å². The van der Waals surface area contributed by atoms with E-state index in [0.29, 0.717) is 0 Å². The summed E-state index contributed by atoms with van der Waals surface area (Å²) in [5, 5.41) is 0. The first kappa shape index (κ1) is 12.0. The quantitative estimate of drug-likeness (QED) is 0.723. The highest BCUT2D eigenvalue weighted by atomic mass is 79.9. The molecule has 76 valence electrons. The van der Waals surface area contributed by atoms with Crippen LogP contribution in [-0.4, -0.2) is 0 Å². The maximum absolute atomic E-state index is 3.48. The molecule has 0 unspecified atom stereocenters. The number of benzene rings is 1. The molecule has 1 aromatic carbocycles. The lowest BCUT2D eigenvalue weighted by atomic mass is 10.1. The minimum atomic E-state index is 1.08. The van der Waals surface area contributed by atoms with Crippen LogP contribution in [0.5, 0.6) is 0 Å². The molecule has 0 aliphatic heterocycles. The van der Waals surface area contributed by atoms with Gasteiger partial charge in [0.05, 0.1) is 0 Å². The topological polar surface area (TPSA) is 0 Å². The van der Waals surface area contributed by atoms with Crippen LogP contribution in [0.25, 0.3) is 4.48 Å². The van der Waals surface area contributed by atoms with Crippen molar-refractivity contribution in [3.8, 4) is 0 Å². The molecule has 0 spiro atoms. The van der Waals surface area contributed by atoms with E-state index in [1.165, 1.54) is 30.4 Å². The van der Waals surface area contributed by atoms with Crippen LogP contribution in [0.15, 0.2) is 29.3 Å². The van der Waals surface area contributed by atoms with Crippen LogP contribution in [-0.2, 0) is 6.42 Å². The van der Waals surface area contributed by atoms with Crippen molar-refractivity contribution >= 4 is 36.3 Å². The highest BCUT2D eigenvalue weighted by Crippen LogP contribution is 2.22. The SMILES string of the molecule is CCCCc1ccc(C(Br)=CBr)cc1. The number of rotatable bonds is 4. The molecule has 0 amide bonds. The third-order valence-electron chi connectivity index (χ3n) is 2.14. The Labute approximate surface area is 103 Å². The Hall–Kier alpha value is -0.0800. The normalized spacial score (nSPS) is 11.8. The van der Waals surface area contributed by atoms with Crippen molar-refractivity contribution in [2.75, 3.05) is 0 Å². The summed E-state index contributed by atoms with van der Waals surface area (Å²) in [6.45, 7) is 2.22. The predicted molar refractivity (Wildman–Crippen MR) is 70.9 cm³/mol. The van der Waals surface area contributed by atoms with Gasteiger partial charge in [0.1, 0.15) is 0 Å². The van der Waals surface area contributed by atoms with E-state index < -0.39 is 0 Å². The van der Waals surface area contributed by atoms with Gasteiger partial charge in [0.15, 0.2) is 0 Å². The molecule has 0 saturated heterocycles. The number of hydrogen-bond donors (Lipinski definition) is 0. The molecule has 14 heavy (non-hydrogen) atoms. The van der Waals surface area contributed by atoms with Crippen LogP contribution in [0.1, 0.15) is 30.9 Å². The summed E-state index contributed by atoms with van der Waals surface area (Å²) < 4.78 is 1.08. The molecular weight excluding hydrogens is 304 g/mol.